The Morgan fingerprint density at radius 3 is 2.95 bits per heavy atom. The lowest BCUT2D eigenvalue weighted by Crippen LogP contribution is -2.48. The maximum Gasteiger partial charge on any atom is 0.407 e. The second-order valence-corrected chi connectivity index (χ2v) is 4.91. The van der Waals surface area contributed by atoms with Crippen LogP contribution in [0.25, 0.3) is 0 Å². The summed E-state index contributed by atoms with van der Waals surface area (Å²) in [5.74, 6) is 0.502. The molecule has 1 amide bonds. The van der Waals surface area contributed by atoms with Gasteiger partial charge in [-0.3, -0.25) is 0 Å². The molecule has 112 valence electrons. The Kier molecular flexibility index (Phi) is 4.48. The summed E-state index contributed by atoms with van der Waals surface area (Å²) >= 11 is 0. The fourth-order valence-electron chi connectivity index (χ4n) is 2.39. The van der Waals surface area contributed by atoms with Crippen LogP contribution >= 0.6 is 0 Å². The van der Waals surface area contributed by atoms with Crippen LogP contribution in [-0.2, 0) is 0 Å². The molecule has 0 radical (unpaired) electrons. The highest BCUT2D eigenvalue weighted by Crippen LogP contribution is 2.30. The van der Waals surface area contributed by atoms with Crippen LogP contribution in [0.2, 0.25) is 0 Å². The first-order valence-electron chi connectivity index (χ1n) is 6.66. The number of likely N-dealkylation sites (tertiary alicyclic amines) is 1. The lowest BCUT2D eigenvalue weighted by molar-refractivity contribution is 0.0507. The van der Waals surface area contributed by atoms with Gasteiger partial charge in [-0.1, -0.05) is 0 Å². The van der Waals surface area contributed by atoms with Crippen molar-refractivity contribution in [1.29, 1.82) is 5.26 Å². The van der Waals surface area contributed by atoms with Gasteiger partial charge in [-0.15, -0.1) is 0 Å². The summed E-state index contributed by atoms with van der Waals surface area (Å²) in [5, 5.41) is 18.2. The van der Waals surface area contributed by atoms with Crippen LogP contribution in [0.15, 0.2) is 12.3 Å². The molecule has 1 aromatic heterocycles. The average molecular weight is 291 g/mol. The predicted octanol–water partition coefficient (Wildman–Crippen LogP) is 1.87. The van der Waals surface area contributed by atoms with E-state index in [2.05, 4.69) is 4.98 Å². The number of ether oxygens (including phenoxy) is 2. The predicted molar refractivity (Wildman–Crippen MR) is 73.3 cm³/mol. The molecule has 7 nitrogen and oxygen atoms in total. The lowest BCUT2D eigenvalue weighted by Gasteiger charge is -2.35. The number of nitrogens with zero attached hydrogens (tertiary/aromatic N) is 3. The summed E-state index contributed by atoms with van der Waals surface area (Å²) in [5.41, 5.74) is 0.335. The third-order valence-electron chi connectivity index (χ3n) is 3.56. The molecule has 2 heterocycles. The number of hydrogen-bond acceptors (Lipinski definition) is 5. The number of pyridine rings is 1. The quantitative estimate of drug-likeness (QED) is 0.913. The number of carboxylic acid groups (broad SMARTS) is 1. The Balaban J connectivity index is 2.16. The Morgan fingerprint density at radius 2 is 2.33 bits per heavy atom. The summed E-state index contributed by atoms with van der Waals surface area (Å²) in [7, 11) is 1.44. The smallest absolute Gasteiger partial charge is 0.407 e. The van der Waals surface area contributed by atoms with Crippen LogP contribution in [0.5, 0.6) is 11.6 Å². The molecule has 0 saturated carbocycles. The number of aromatic nitrogens is 1. The first-order chi connectivity index (χ1) is 10.1. The van der Waals surface area contributed by atoms with Crippen molar-refractivity contribution in [2.24, 2.45) is 0 Å². The van der Waals surface area contributed by atoms with E-state index in [-0.39, 0.29) is 30.3 Å². The van der Waals surface area contributed by atoms with E-state index >= 15 is 0 Å². The van der Waals surface area contributed by atoms with E-state index in [0.717, 1.165) is 12.8 Å². The van der Waals surface area contributed by atoms with Gasteiger partial charge in [0.05, 0.1) is 13.7 Å². The number of methoxy groups -OCH3 is 1. The molecule has 7 heteroatoms. The zero-order chi connectivity index (χ0) is 15.4. The number of rotatable bonds is 3. The van der Waals surface area contributed by atoms with Gasteiger partial charge in [-0.05, 0) is 25.8 Å². The van der Waals surface area contributed by atoms with E-state index in [1.165, 1.54) is 24.3 Å². The standard InChI is InChI=1S/C14H17N3O4/c1-9-3-4-11(8-17(9)14(18)19)21-13-12(20-2)10(7-15)5-6-16-13/h5-6,9,11H,3-4,8H2,1-2H3,(H,18,19)/t9-,11-/m1/s1. The summed E-state index contributed by atoms with van der Waals surface area (Å²) < 4.78 is 10.9. The Labute approximate surface area is 122 Å². The lowest BCUT2D eigenvalue weighted by atomic mass is 10.0. The number of hydrogen-bond donors (Lipinski definition) is 1. The fraction of sp³-hybridized carbons (Fsp3) is 0.500. The van der Waals surface area contributed by atoms with Crippen LogP contribution in [-0.4, -0.2) is 46.9 Å². The molecule has 0 aromatic carbocycles. The topological polar surface area (TPSA) is 95.7 Å². The van der Waals surface area contributed by atoms with E-state index < -0.39 is 6.09 Å². The van der Waals surface area contributed by atoms with Crippen molar-refractivity contribution >= 4 is 6.09 Å². The molecule has 0 unspecified atom stereocenters. The van der Waals surface area contributed by atoms with Crippen molar-refractivity contribution in [1.82, 2.24) is 9.88 Å². The van der Waals surface area contributed by atoms with Gasteiger partial charge in [0.15, 0.2) is 5.75 Å². The van der Waals surface area contributed by atoms with Crippen molar-refractivity contribution in [2.45, 2.75) is 31.9 Å². The molecule has 21 heavy (non-hydrogen) atoms. The molecule has 0 bridgehead atoms. The van der Waals surface area contributed by atoms with Gasteiger partial charge in [0.2, 0.25) is 0 Å². The van der Waals surface area contributed by atoms with E-state index in [1.807, 2.05) is 13.0 Å². The zero-order valence-corrected chi connectivity index (χ0v) is 11.9. The molecular weight excluding hydrogens is 274 g/mol. The highest BCUT2D eigenvalue weighted by molar-refractivity contribution is 5.65. The molecule has 1 saturated heterocycles. The number of piperidine rings is 1. The molecule has 1 N–H and O–H groups in total. The van der Waals surface area contributed by atoms with E-state index in [4.69, 9.17) is 19.8 Å². The van der Waals surface area contributed by atoms with Crippen molar-refractivity contribution in [3.63, 3.8) is 0 Å². The Morgan fingerprint density at radius 1 is 1.57 bits per heavy atom. The monoisotopic (exact) mass is 291 g/mol. The summed E-state index contributed by atoms with van der Waals surface area (Å²) in [6, 6.07) is 3.52. The summed E-state index contributed by atoms with van der Waals surface area (Å²) in [4.78, 5) is 16.6. The molecule has 1 aliphatic rings. The van der Waals surface area contributed by atoms with Gasteiger partial charge in [-0.25, -0.2) is 9.78 Å². The second-order valence-electron chi connectivity index (χ2n) is 4.91. The zero-order valence-electron chi connectivity index (χ0n) is 11.9. The minimum absolute atomic E-state index is 0.0253. The number of amides is 1. The molecule has 1 fully saturated rings. The minimum Gasteiger partial charge on any atom is -0.490 e. The van der Waals surface area contributed by atoms with Gasteiger partial charge in [-0.2, -0.15) is 5.26 Å². The van der Waals surface area contributed by atoms with Gasteiger partial charge in [0, 0.05) is 12.2 Å². The molecule has 2 rings (SSSR count). The van der Waals surface area contributed by atoms with Gasteiger partial charge in [0.1, 0.15) is 17.7 Å². The van der Waals surface area contributed by atoms with Crippen LogP contribution < -0.4 is 9.47 Å². The first kappa shape index (κ1) is 14.9. The SMILES string of the molecule is COc1c(C#N)ccnc1O[C@@H]1CC[C@@H](C)N(C(=O)O)C1. The first-order valence-corrected chi connectivity index (χ1v) is 6.66. The van der Waals surface area contributed by atoms with Crippen LogP contribution in [0, 0.1) is 11.3 Å². The number of nitriles is 1. The van der Waals surface area contributed by atoms with E-state index in [1.54, 1.807) is 0 Å². The van der Waals surface area contributed by atoms with Crippen molar-refractivity contribution in [3.8, 4) is 17.7 Å². The van der Waals surface area contributed by atoms with Crippen molar-refractivity contribution < 1.29 is 19.4 Å². The highest BCUT2D eigenvalue weighted by Gasteiger charge is 2.30. The summed E-state index contributed by atoms with van der Waals surface area (Å²) in [6.45, 7) is 2.15. The molecule has 1 aliphatic heterocycles. The molecule has 1 aromatic rings. The van der Waals surface area contributed by atoms with Crippen molar-refractivity contribution in [3.05, 3.63) is 17.8 Å². The fourth-order valence-corrected chi connectivity index (χ4v) is 2.39. The van der Waals surface area contributed by atoms with Crippen LogP contribution in [0.3, 0.4) is 0 Å². The highest BCUT2D eigenvalue weighted by atomic mass is 16.5. The largest absolute Gasteiger partial charge is 0.490 e. The van der Waals surface area contributed by atoms with Gasteiger partial charge >= 0.3 is 6.09 Å². The van der Waals surface area contributed by atoms with Crippen LogP contribution in [0.4, 0.5) is 4.79 Å². The van der Waals surface area contributed by atoms with E-state index in [0.29, 0.717) is 5.56 Å². The molecular formula is C14H17N3O4. The van der Waals surface area contributed by atoms with Gasteiger partial charge in [0.25, 0.3) is 5.88 Å². The van der Waals surface area contributed by atoms with Crippen LogP contribution in [0.1, 0.15) is 25.3 Å². The second kappa shape index (κ2) is 6.31. The van der Waals surface area contributed by atoms with Gasteiger partial charge < -0.3 is 19.5 Å². The van der Waals surface area contributed by atoms with E-state index in [9.17, 15) is 4.79 Å². The molecule has 0 spiro atoms. The Hall–Kier alpha value is -2.49. The third-order valence-corrected chi connectivity index (χ3v) is 3.56. The maximum atomic E-state index is 11.2. The summed E-state index contributed by atoms with van der Waals surface area (Å²) in [6.07, 6.45) is 1.66. The average Bonchev–Trinajstić information content (AvgIpc) is 2.48. The number of carbonyl (C=O) groups is 1. The molecule has 2 atom stereocenters. The molecule has 0 aliphatic carbocycles. The Bertz CT molecular complexity index is 570. The third kappa shape index (κ3) is 3.16. The van der Waals surface area contributed by atoms with Crippen molar-refractivity contribution in [2.75, 3.05) is 13.7 Å². The normalized spacial score (nSPS) is 21.5. The minimum atomic E-state index is -0.957. The maximum absolute atomic E-state index is 11.2.